The number of amides is 1. The van der Waals surface area contributed by atoms with Crippen LogP contribution in [0.15, 0.2) is 18.2 Å². The van der Waals surface area contributed by atoms with Gasteiger partial charge in [-0.25, -0.2) is 4.79 Å². The topological polar surface area (TPSA) is 45.3 Å². The Morgan fingerprint density at radius 3 is 2.58 bits per heavy atom. The zero-order valence-electron chi connectivity index (χ0n) is 15.1. The van der Waals surface area contributed by atoms with Gasteiger partial charge in [-0.15, -0.1) is 0 Å². The molecule has 4 heteroatoms. The van der Waals surface area contributed by atoms with E-state index in [1.54, 1.807) is 0 Å². The highest BCUT2D eigenvalue weighted by atomic mass is 16.6. The fourth-order valence-electron chi connectivity index (χ4n) is 3.38. The van der Waals surface area contributed by atoms with Crippen LogP contribution in [0.3, 0.4) is 0 Å². The van der Waals surface area contributed by atoms with Gasteiger partial charge in [0.15, 0.2) is 0 Å². The standard InChI is InChI=1S/C20H27N2O2/c1-13-14(2)21-18-7-6-16(12-17(13)18)15-8-10-22(11-9-15)19(23)24-20(3,4)5/h6-7,12,15,21H,2,8-11H2,1,3-5H3. The average molecular weight is 327 g/mol. The predicted octanol–water partition coefficient (Wildman–Crippen LogP) is 4.77. The molecule has 1 aliphatic heterocycles. The molecule has 0 unspecified atom stereocenters. The first-order valence-corrected chi connectivity index (χ1v) is 8.67. The van der Waals surface area contributed by atoms with Crippen LogP contribution >= 0.6 is 0 Å². The second kappa shape index (κ2) is 6.15. The zero-order valence-corrected chi connectivity index (χ0v) is 15.1. The fourth-order valence-corrected chi connectivity index (χ4v) is 3.38. The highest BCUT2D eigenvalue weighted by Gasteiger charge is 2.27. The fraction of sp³-hybridized carbons (Fsp3) is 0.500. The number of piperidine rings is 1. The number of fused-ring (bicyclic) bond motifs is 1. The van der Waals surface area contributed by atoms with Gasteiger partial charge in [0.25, 0.3) is 0 Å². The number of aromatic nitrogens is 1. The smallest absolute Gasteiger partial charge is 0.410 e. The minimum Gasteiger partial charge on any atom is -0.444 e. The molecule has 3 rings (SSSR count). The number of nitrogens with zero attached hydrogens (tertiary/aromatic N) is 1. The molecule has 24 heavy (non-hydrogen) atoms. The van der Waals surface area contributed by atoms with Crippen molar-refractivity contribution in [1.29, 1.82) is 0 Å². The van der Waals surface area contributed by atoms with E-state index < -0.39 is 5.60 Å². The van der Waals surface area contributed by atoms with Crippen LogP contribution in [-0.2, 0) is 4.74 Å². The molecule has 2 aromatic rings. The van der Waals surface area contributed by atoms with E-state index >= 15 is 0 Å². The van der Waals surface area contributed by atoms with Crippen molar-refractivity contribution >= 4 is 17.0 Å². The Labute approximate surface area is 144 Å². The van der Waals surface area contributed by atoms with Crippen LogP contribution in [0.4, 0.5) is 4.79 Å². The van der Waals surface area contributed by atoms with Crippen molar-refractivity contribution < 1.29 is 9.53 Å². The number of hydrogen-bond donors (Lipinski definition) is 1. The second-order valence-corrected chi connectivity index (χ2v) is 7.78. The summed E-state index contributed by atoms with van der Waals surface area (Å²) >= 11 is 0. The summed E-state index contributed by atoms with van der Waals surface area (Å²) in [6.07, 6.45) is 1.76. The van der Waals surface area contributed by atoms with Crippen molar-refractivity contribution in [2.75, 3.05) is 13.1 Å². The molecular weight excluding hydrogens is 300 g/mol. The van der Waals surface area contributed by atoms with Gasteiger partial charge in [0.1, 0.15) is 5.60 Å². The van der Waals surface area contributed by atoms with E-state index in [0.717, 1.165) is 37.1 Å². The number of aryl methyl sites for hydroxylation is 1. The quantitative estimate of drug-likeness (QED) is 0.820. The SMILES string of the molecule is [CH2]c1[nH]c2ccc(C3CCN(C(=O)OC(C)(C)C)CC3)cc2c1C. The molecule has 1 aromatic carbocycles. The average Bonchev–Trinajstić information content (AvgIpc) is 2.80. The number of ether oxygens (including phenoxy) is 1. The Bertz CT molecular complexity index is 747. The summed E-state index contributed by atoms with van der Waals surface area (Å²) in [4.78, 5) is 17.3. The Morgan fingerprint density at radius 2 is 1.96 bits per heavy atom. The maximum Gasteiger partial charge on any atom is 0.410 e. The van der Waals surface area contributed by atoms with Gasteiger partial charge >= 0.3 is 6.09 Å². The van der Waals surface area contributed by atoms with E-state index in [-0.39, 0.29) is 6.09 Å². The first kappa shape index (κ1) is 16.9. The lowest BCUT2D eigenvalue weighted by molar-refractivity contribution is 0.0205. The number of likely N-dealkylation sites (tertiary alicyclic amines) is 1. The number of rotatable bonds is 1. The van der Waals surface area contributed by atoms with Crippen LogP contribution in [0, 0.1) is 13.8 Å². The minimum atomic E-state index is -0.434. The molecular formula is C20H27N2O2. The number of hydrogen-bond acceptors (Lipinski definition) is 2. The van der Waals surface area contributed by atoms with Crippen molar-refractivity contribution in [3.8, 4) is 0 Å². The molecule has 1 aliphatic rings. The molecule has 1 amide bonds. The Morgan fingerprint density at radius 1 is 1.29 bits per heavy atom. The van der Waals surface area contributed by atoms with Gasteiger partial charge < -0.3 is 14.6 Å². The highest BCUT2D eigenvalue weighted by molar-refractivity contribution is 5.85. The first-order valence-electron chi connectivity index (χ1n) is 8.67. The van der Waals surface area contributed by atoms with Crippen molar-refractivity contribution in [2.45, 2.75) is 52.1 Å². The Hall–Kier alpha value is -1.97. The number of H-pyrrole nitrogens is 1. The highest BCUT2D eigenvalue weighted by Crippen LogP contribution is 2.32. The number of aromatic amines is 1. The summed E-state index contributed by atoms with van der Waals surface area (Å²) in [5, 5.41) is 1.26. The van der Waals surface area contributed by atoms with Gasteiger partial charge in [-0.3, -0.25) is 0 Å². The van der Waals surface area contributed by atoms with Crippen molar-refractivity contribution in [1.82, 2.24) is 9.88 Å². The molecule has 0 aliphatic carbocycles. The summed E-state index contributed by atoms with van der Waals surface area (Å²) in [6.45, 7) is 13.4. The maximum atomic E-state index is 12.2. The first-order chi connectivity index (χ1) is 11.2. The van der Waals surface area contributed by atoms with Crippen LogP contribution in [-0.4, -0.2) is 34.7 Å². The third kappa shape index (κ3) is 3.42. The Kier molecular flexibility index (Phi) is 4.33. The molecule has 2 heterocycles. The van der Waals surface area contributed by atoms with E-state index in [1.807, 2.05) is 25.7 Å². The third-order valence-corrected chi connectivity index (χ3v) is 4.80. The van der Waals surface area contributed by atoms with E-state index in [9.17, 15) is 4.79 Å². The maximum absolute atomic E-state index is 12.2. The molecule has 1 aromatic heterocycles. The lowest BCUT2D eigenvalue weighted by atomic mass is 9.88. The van der Waals surface area contributed by atoms with E-state index in [1.165, 1.54) is 16.5 Å². The van der Waals surface area contributed by atoms with E-state index in [4.69, 9.17) is 4.74 Å². The summed E-state index contributed by atoms with van der Waals surface area (Å²) in [7, 11) is 0. The lowest BCUT2D eigenvalue weighted by Crippen LogP contribution is -2.41. The number of nitrogens with one attached hydrogen (secondary N) is 1. The second-order valence-electron chi connectivity index (χ2n) is 7.78. The molecule has 0 atom stereocenters. The summed E-state index contributed by atoms with van der Waals surface area (Å²) in [6, 6.07) is 6.63. The molecule has 1 fully saturated rings. The molecule has 1 saturated heterocycles. The summed E-state index contributed by atoms with van der Waals surface area (Å²) < 4.78 is 5.47. The van der Waals surface area contributed by atoms with Crippen LogP contribution < -0.4 is 0 Å². The van der Waals surface area contributed by atoms with Gasteiger partial charge in [-0.1, -0.05) is 6.07 Å². The normalized spacial score (nSPS) is 16.6. The number of benzene rings is 1. The third-order valence-electron chi connectivity index (χ3n) is 4.80. The number of carbonyl (C=O) groups excluding carboxylic acids is 1. The van der Waals surface area contributed by atoms with Crippen LogP contribution in [0.1, 0.15) is 56.4 Å². The van der Waals surface area contributed by atoms with Crippen molar-refractivity contribution in [2.24, 2.45) is 0 Å². The van der Waals surface area contributed by atoms with Crippen LogP contribution in [0.5, 0.6) is 0 Å². The van der Waals surface area contributed by atoms with Crippen LogP contribution in [0.2, 0.25) is 0 Å². The van der Waals surface area contributed by atoms with Gasteiger partial charge in [0.2, 0.25) is 0 Å². The summed E-state index contributed by atoms with van der Waals surface area (Å²) in [5.74, 6) is 0.496. The molecule has 0 saturated carbocycles. The molecule has 0 spiro atoms. The van der Waals surface area contributed by atoms with Gasteiger partial charge in [-0.05, 0) is 76.6 Å². The zero-order chi connectivity index (χ0) is 17.5. The number of carbonyl (C=O) groups is 1. The molecule has 1 N–H and O–H groups in total. The molecule has 129 valence electrons. The minimum absolute atomic E-state index is 0.195. The largest absolute Gasteiger partial charge is 0.444 e. The van der Waals surface area contributed by atoms with Crippen LogP contribution in [0.25, 0.3) is 10.9 Å². The lowest BCUT2D eigenvalue weighted by Gasteiger charge is -2.33. The predicted molar refractivity (Wildman–Crippen MR) is 97.3 cm³/mol. The van der Waals surface area contributed by atoms with E-state index in [0.29, 0.717) is 5.92 Å². The molecule has 1 radical (unpaired) electrons. The summed E-state index contributed by atoms with van der Waals surface area (Å²) in [5.41, 5.74) is 4.28. The monoisotopic (exact) mass is 327 g/mol. The van der Waals surface area contributed by atoms with Crippen molar-refractivity contribution in [3.05, 3.63) is 41.9 Å². The Balaban J connectivity index is 1.68. The van der Waals surface area contributed by atoms with Gasteiger partial charge in [-0.2, -0.15) is 0 Å². The van der Waals surface area contributed by atoms with Gasteiger partial charge in [0.05, 0.1) is 0 Å². The van der Waals surface area contributed by atoms with Crippen molar-refractivity contribution in [3.63, 3.8) is 0 Å². The molecule has 4 nitrogen and oxygen atoms in total. The van der Waals surface area contributed by atoms with Gasteiger partial charge in [0, 0.05) is 29.7 Å². The van der Waals surface area contributed by atoms with E-state index in [2.05, 4.69) is 37.0 Å². The molecule has 0 bridgehead atoms.